The monoisotopic (exact) mass is 240 g/mol. The molecule has 0 N–H and O–H groups in total. The zero-order valence-electron chi connectivity index (χ0n) is 10.7. The van der Waals surface area contributed by atoms with E-state index in [1.165, 1.54) is 0 Å². The van der Waals surface area contributed by atoms with E-state index < -0.39 is 0 Å². The van der Waals surface area contributed by atoms with Gasteiger partial charge in [0.1, 0.15) is 5.82 Å². The first kappa shape index (κ1) is 11.1. The van der Waals surface area contributed by atoms with Gasteiger partial charge in [-0.25, -0.2) is 0 Å². The fraction of sp³-hybridized carbons (Fsp3) is 0.267. The predicted octanol–water partition coefficient (Wildman–Crippen LogP) is 2.27. The van der Waals surface area contributed by atoms with Gasteiger partial charge >= 0.3 is 0 Å². The summed E-state index contributed by atoms with van der Waals surface area (Å²) in [7, 11) is 2.03. The molecule has 0 spiro atoms. The first-order valence-corrected chi connectivity index (χ1v) is 6.19. The maximum absolute atomic E-state index is 12.3. The molecule has 0 amide bonds. The van der Waals surface area contributed by atoms with Crippen molar-refractivity contribution < 1.29 is 0 Å². The number of benzene rings is 1. The van der Waals surface area contributed by atoms with E-state index in [-0.39, 0.29) is 5.56 Å². The summed E-state index contributed by atoms with van der Waals surface area (Å²) in [6.45, 7) is 3.61. The van der Waals surface area contributed by atoms with E-state index >= 15 is 0 Å². The molecule has 0 bridgehead atoms. The average Bonchev–Trinajstić information content (AvgIpc) is 2.77. The third kappa shape index (κ3) is 1.55. The van der Waals surface area contributed by atoms with Crippen molar-refractivity contribution >= 4 is 5.82 Å². The number of hydrogen-bond acceptors (Lipinski definition) is 2. The minimum Gasteiger partial charge on any atom is -0.359 e. The van der Waals surface area contributed by atoms with Crippen molar-refractivity contribution in [2.24, 2.45) is 0 Å². The smallest absolute Gasteiger partial charge is 0.255 e. The normalized spacial score (nSPS) is 13.8. The molecule has 2 aromatic rings. The second-order valence-corrected chi connectivity index (χ2v) is 4.79. The summed E-state index contributed by atoms with van der Waals surface area (Å²) < 4.78 is 1.86. The van der Waals surface area contributed by atoms with E-state index in [1.54, 1.807) is 0 Å². The number of hydrogen-bond donors (Lipinski definition) is 0. The summed E-state index contributed by atoms with van der Waals surface area (Å²) >= 11 is 0. The molecular formula is C15H16N2O. The van der Waals surface area contributed by atoms with E-state index in [0.29, 0.717) is 0 Å². The van der Waals surface area contributed by atoms with Crippen molar-refractivity contribution in [3.63, 3.8) is 0 Å². The van der Waals surface area contributed by atoms with Gasteiger partial charge in [0.15, 0.2) is 0 Å². The van der Waals surface area contributed by atoms with Gasteiger partial charge in [-0.3, -0.25) is 9.36 Å². The Balaban J connectivity index is 2.27. The molecule has 0 aliphatic carbocycles. The lowest BCUT2D eigenvalue weighted by Gasteiger charge is -2.14. The molecule has 0 saturated carbocycles. The molecule has 1 aliphatic heterocycles. The van der Waals surface area contributed by atoms with Crippen LogP contribution in [0, 0.1) is 6.92 Å². The first-order valence-electron chi connectivity index (χ1n) is 6.19. The second kappa shape index (κ2) is 4.02. The highest BCUT2D eigenvalue weighted by atomic mass is 16.1. The van der Waals surface area contributed by atoms with E-state index in [0.717, 1.165) is 35.6 Å². The molecule has 0 fully saturated rings. The van der Waals surface area contributed by atoms with Crippen LogP contribution < -0.4 is 10.5 Å². The van der Waals surface area contributed by atoms with Crippen LogP contribution in [0.4, 0.5) is 5.82 Å². The second-order valence-electron chi connectivity index (χ2n) is 4.79. The summed E-state index contributed by atoms with van der Waals surface area (Å²) in [6.07, 6.45) is 0. The van der Waals surface area contributed by atoms with Crippen LogP contribution in [-0.2, 0) is 6.54 Å². The van der Waals surface area contributed by atoms with Gasteiger partial charge < -0.3 is 4.90 Å². The summed E-state index contributed by atoms with van der Waals surface area (Å²) in [4.78, 5) is 14.5. The lowest BCUT2D eigenvalue weighted by atomic mass is 10.0. The van der Waals surface area contributed by atoms with Crippen molar-refractivity contribution in [2.75, 3.05) is 18.5 Å². The topological polar surface area (TPSA) is 25.2 Å². The van der Waals surface area contributed by atoms with Crippen molar-refractivity contribution in [1.29, 1.82) is 0 Å². The van der Waals surface area contributed by atoms with Crippen molar-refractivity contribution in [3.8, 4) is 11.1 Å². The third-order valence-corrected chi connectivity index (χ3v) is 3.65. The Hall–Kier alpha value is -2.03. The van der Waals surface area contributed by atoms with Crippen LogP contribution in [0.15, 0.2) is 41.2 Å². The lowest BCUT2D eigenvalue weighted by molar-refractivity contribution is 0.759. The molecule has 1 aromatic heterocycles. The van der Waals surface area contributed by atoms with Gasteiger partial charge in [0.25, 0.3) is 5.56 Å². The molecule has 0 saturated heterocycles. The SMILES string of the molecule is Cc1c(-c2ccccc2)cc2n(c1=O)CCN2C. The van der Waals surface area contributed by atoms with Crippen molar-refractivity contribution in [3.05, 3.63) is 52.3 Å². The fourth-order valence-electron chi connectivity index (χ4n) is 2.55. The van der Waals surface area contributed by atoms with Gasteiger partial charge in [0.2, 0.25) is 0 Å². The Morgan fingerprint density at radius 1 is 1.11 bits per heavy atom. The highest BCUT2D eigenvalue weighted by molar-refractivity contribution is 5.70. The largest absolute Gasteiger partial charge is 0.359 e. The fourth-order valence-corrected chi connectivity index (χ4v) is 2.55. The van der Waals surface area contributed by atoms with Gasteiger partial charge in [0, 0.05) is 25.7 Å². The van der Waals surface area contributed by atoms with Crippen LogP contribution in [-0.4, -0.2) is 18.2 Å². The zero-order valence-corrected chi connectivity index (χ0v) is 10.7. The van der Waals surface area contributed by atoms with Crippen LogP contribution in [0.1, 0.15) is 5.56 Å². The molecule has 2 heterocycles. The minimum absolute atomic E-state index is 0.135. The maximum Gasteiger partial charge on any atom is 0.255 e. The van der Waals surface area contributed by atoms with Crippen LogP contribution >= 0.6 is 0 Å². The molecule has 0 unspecified atom stereocenters. The number of rotatable bonds is 1. The maximum atomic E-state index is 12.3. The molecule has 1 aromatic carbocycles. The predicted molar refractivity (Wildman–Crippen MR) is 74.1 cm³/mol. The molecule has 0 atom stereocenters. The van der Waals surface area contributed by atoms with Gasteiger partial charge in [0.05, 0.1) is 0 Å². The molecule has 3 nitrogen and oxygen atoms in total. The number of likely N-dealkylation sites (N-methyl/N-ethyl adjacent to an activating group) is 1. The van der Waals surface area contributed by atoms with Gasteiger partial charge in [-0.15, -0.1) is 0 Å². The molecule has 3 heteroatoms. The zero-order chi connectivity index (χ0) is 12.7. The van der Waals surface area contributed by atoms with Crippen molar-refractivity contribution in [1.82, 2.24) is 4.57 Å². The van der Waals surface area contributed by atoms with Crippen LogP contribution in [0.5, 0.6) is 0 Å². The van der Waals surface area contributed by atoms with Gasteiger partial charge in [-0.2, -0.15) is 0 Å². The van der Waals surface area contributed by atoms with E-state index in [4.69, 9.17) is 0 Å². The Morgan fingerprint density at radius 2 is 1.83 bits per heavy atom. The lowest BCUT2D eigenvalue weighted by Crippen LogP contribution is -2.21. The third-order valence-electron chi connectivity index (χ3n) is 3.65. The van der Waals surface area contributed by atoms with E-state index in [9.17, 15) is 4.79 Å². The summed E-state index contributed by atoms with van der Waals surface area (Å²) in [5.41, 5.74) is 3.12. The molecule has 18 heavy (non-hydrogen) atoms. The minimum atomic E-state index is 0.135. The highest BCUT2D eigenvalue weighted by Crippen LogP contribution is 2.27. The molecule has 1 aliphatic rings. The Morgan fingerprint density at radius 3 is 2.56 bits per heavy atom. The number of nitrogens with zero attached hydrogens (tertiary/aromatic N) is 2. The summed E-state index contributed by atoms with van der Waals surface area (Å²) in [6, 6.07) is 12.2. The summed E-state index contributed by atoms with van der Waals surface area (Å²) in [5.74, 6) is 1.02. The van der Waals surface area contributed by atoms with E-state index in [1.807, 2.05) is 48.9 Å². The number of anilines is 1. The van der Waals surface area contributed by atoms with Crippen LogP contribution in [0.2, 0.25) is 0 Å². The molecule has 3 rings (SSSR count). The standard InChI is InChI=1S/C15H16N2O/c1-11-13(12-6-4-3-5-7-12)10-14-16(2)8-9-17(14)15(11)18/h3-7,10H,8-9H2,1-2H3. The Bertz CT molecular complexity index is 644. The van der Waals surface area contributed by atoms with Gasteiger partial charge in [-0.05, 0) is 24.1 Å². The molecular weight excluding hydrogens is 224 g/mol. The molecule has 0 radical (unpaired) electrons. The summed E-state index contributed by atoms with van der Waals surface area (Å²) in [5, 5.41) is 0. The average molecular weight is 240 g/mol. The molecule has 92 valence electrons. The van der Waals surface area contributed by atoms with E-state index in [2.05, 4.69) is 11.0 Å². The number of fused-ring (bicyclic) bond motifs is 1. The quantitative estimate of drug-likeness (QED) is 0.764. The Kier molecular flexibility index (Phi) is 2.47. The first-order chi connectivity index (χ1) is 8.68. The Labute approximate surface area is 106 Å². The number of aromatic nitrogens is 1. The van der Waals surface area contributed by atoms with Gasteiger partial charge in [-0.1, -0.05) is 30.3 Å². The van der Waals surface area contributed by atoms with Crippen LogP contribution in [0.25, 0.3) is 11.1 Å². The van der Waals surface area contributed by atoms with Crippen LogP contribution in [0.3, 0.4) is 0 Å². The van der Waals surface area contributed by atoms with Crippen molar-refractivity contribution in [2.45, 2.75) is 13.5 Å². The number of pyridine rings is 1. The highest BCUT2D eigenvalue weighted by Gasteiger charge is 2.20.